The minimum Gasteiger partial charge on any atom is -0.371 e. The molecule has 1 aromatic heterocycles. The van der Waals surface area contributed by atoms with Crippen LogP contribution in [-0.2, 0) is 22.6 Å². The SMILES string of the molecule is O=c1n(C[C@H]2CO2)c(-c2ccccc2)c(-c2ccccc2)n1C[C@H]1CO1. The zero-order valence-electron chi connectivity index (χ0n) is 14.4. The van der Waals surface area contributed by atoms with Crippen molar-refractivity contribution in [1.29, 1.82) is 0 Å². The van der Waals surface area contributed by atoms with Gasteiger partial charge in [0.25, 0.3) is 0 Å². The quantitative estimate of drug-likeness (QED) is 0.644. The first-order chi connectivity index (χ1) is 12.8. The van der Waals surface area contributed by atoms with Gasteiger partial charge in [-0.05, 0) is 0 Å². The van der Waals surface area contributed by atoms with Crippen molar-refractivity contribution < 1.29 is 9.47 Å². The predicted octanol–water partition coefficient (Wildman–Crippen LogP) is 2.78. The number of aromatic nitrogens is 2. The van der Waals surface area contributed by atoms with Gasteiger partial charge in [0.1, 0.15) is 0 Å². The summed E-state index contributed by atoms with van der Waals surface area (Å²) in [6.45, 7) is 2.61. The van der Waals surface area contributed by atoms with E-state index in [9.17, 15) is 4.79 Å². The molecular weight excluding hydrogens is 328 g/mol. The molecule has 0 unspecified atom stereocenters. The fourth-order valence-electron chi connectivity index (χ4n) is 3.46. The first kappa shape index (κ1) is 15.6. The largest absolute Gasteiger partial charge is 0.371 e. The highest BCUT2D eigenvalue weighted by molar-refractivity contribution is 5.79. The van der Waals surface area contributed by atoms with E-state index < -0.39 is 0 Å². The molecule has 0 N–H and O–H groups in total. The highest BCUT2D eigenvalue weighted by Crippen LogP contribution is 2.33. The van der Waals surface area contributed by atoms with Crippen LogP contribution < -0.4 is 5.69 Å². The summed E-state index contributed by atoms with van der Waals surface area (Å²) in [5, 5.41) is 0. The second-order valence-electron chi connectivity index (χ2n) is 6.84. The number of imidazole rings is 1. The van der Waals surface area contributed by atoms with Crippen LogP contribution >= 0.6 is 0 Å². The maximum absolute atomic E-state index is 13.3. The second-order valence-corrected chi connectivity index (χ2v) is 6.84. The minimum absolute atomic E-state index is 0.00806. The third-order valence-electron chi connectivity index (χ3n) is 4.90. The molecule has 132 valence electrons. The molecule has 2 atom stereocenters. The Morgan fingerprint density at radius 1 is 0.731 bits per heavy atom. The van der Waals surface area contributed by atoms with Gasteiger partial charge in [0.2, 0.25) is 0 Å². The molecule has 3 heterocycles. The summed E-state index contributed by atoms with van der Waals surface area (Å²) >= 11 is 0. The average Bonchev–Trinajstić information content (AvgIpc) is 3.60. The highest BCUT2D eigenvalue weighted by Gasteiger charge is 2.32. The number of epoxide rings is 2. The van der Waals surface area contributed by atoms with Crippen molar-refractivity contribution in [3.63, 3.8) is 0 Å². The molecule has 2 saturated heterocycles. The molecule has 5 nitrogen and oxygen atoms in total. The van der Waals surface area contributed by atoms with Crippen molar-refractivity contribution in [3.8, 4) is 22.5 Å². The van der Waals surface area contributed by atoms with Gasteiger partial charge in [-0.1, -0.05) is 60.7 Å². The van der Waals surface area contributed by atoms with Crippen LogP contribution in [0.25, 0.3) is 22.5 Å². The zero-order chi connectivity index (χ0) is 17.5. The maximum atomic E-state index is 13.3. The lowest BCUT2D eigenvalue weighted by molar-refractivity contribution is 0.371. The van der Waals surface area contributed by atoms with Crippen LogP contribution in [0.4, 0.5) is 0 Å². The molecule has 0 saturated carbocycles. The summed E-state index contributed by atoms with van der Waals surface area (Å²) < 4.78 is 14.6. The Labute approximate surface area is 151 Å². The predicted molar refractivity (Wildman–Crippen MR) is 99.0 cm³/mol. The van der Waals surface area contributed by atoms with Gasteiger partial charge < -0.3 is 9.47 Å². The first-order valence-electron chi connectivity index (χ1n) is 8.98. The Bertz CT molecular complexity index is 890. The third kappa shape index (κ3) is 2.89. The molecular formula is C21H20N2O3. The van der Waals surface area contributed by atoms with Gasteiger partial charge in [-0.3, -0.25) is 9.13 Å². The average molecular weight is 348 g/mol. The van der Waals surface area contributed by atoms with Gasteiger partial charge in [-0.25, -0.2) is 4.79 Å². The number of ether oxygens (including phenoxy) is 2. The minimum atomic E-state index is 0.00806. The van der Waals surface area contributed by atoms with Gasteiger partial charge >= 0.3 is 5.69 Å². The van der Waals surface area contributed by atoms with E-state index >= 15 is 0 Å². The van der Waals surface area contributed by atoms with Crippen LogP contribution in [0.3, 0.4) is 0 Å². The molecule has 0 radical (unpaired) electrons. The molecule has 5 rings (SSSR count). The highest BCUT2D eigenvalue weighted by atomic mass is 16.6. The van der Waals surface area contributed by atoms with Gasteiger partial charge in [0.15, 0.2) is 0 Å². The Kier molecular flexibility index (Phi) is 3.76. The lowest BCUT2D eigenvalue weighted by atomic mass is 10.0. The van der Waals surface area contributed by atoms with Crippen molar-refractivity contribution in [2.24, 2.45) is 0 Å². The van der Waals surface area contributed by atoms with E-state index in [-0.39, 0.29) is 17.9 Å². The van der Waals surface area contributed by atoms with Gasteiger partial charge in [0, 0.05) is 11.1 Å². The van der Waals surface area contributed by atoms with Crippen molar-refractivity contribution in [2.45, 2.75) is 25.3 Å². The van der Waals surface area contributed by atoms with Crippen LogP contribution in [-0.4, -0.2) is 34.6 Å². The van der Waals surface area contributed by atoms with Crippen molar-refractivity contribution in [3.05, 3.63) is 71.1 Å². The number of benzene rings is 2. The molecule has 3 aromatic rings. The molecule has 2 fully saturated rings. The van der Waals surface area contributed by atoms with E-state index in [1.165, 1.54) is 0 Å². The van der Waals surface area contributed by atoms with Crippen molar-refractivity contribution in [2.75, 3.05) is 13.2 Å². The van der Waals surface area contributed by atoms with Crippen LogP contribution in [0.15, 0.2) is 65.5 Å². The summed E-state index contributed by atoms with van der Waals surface area (Å²) in [7, 11) is 0. The van der Waals surface area contributed by atoms with Crippen molar-refractivity contribution in [1.82, 2.24) is 9.13 Å². The molecule has 2 aliphatic rings. The fourth-order valence-corrected chi connectivity index (χ4v) is 3.46. The molecule has 2 aromatic carbocycles. The summed E-state index contributed by atoms with van der Waals surface area (Å²) in [4.78, 5) is 13.3. The lowest BCUT2D eigenvalue weighted by Crippen LogP contribution is -2.28. The Balaban J connectivity index is 1.77. The first-order valence-corrected chi connectivity index (χ1v) is 8.98. The monoisotopic (exact) mass is 348 g/mol. The van der Waals surface area contributed by atoms with E-state index in [2.05, 4.69) is 24.3 Å². The Morgan fingerprint density at radius 3 is 1.46 bits per heavy atom. The van der Waals surface area contributed by atoms with E-state index in [4.69, 9.17) is 9.47 Å². The van der Waals surface area contributed by atoms with E-state index in [1.54, 1.807) is 0 Å². The molecule has 0 amide bonds. The molecule has 0 spiro atoms. The number of hydrogen-bond donors (Lipinski definition) is 0. The fraction of sp³-hybridized carbons (Fsp3) is 0.286. The molecule has 0 aliphatic carbocycles. The van der Waals surface area contributed by atoms with Crippen molar-refractivity contribution >= 4 is 0 Å². The van der Waals surface area contributed by atoms with Crippen LogP contribution in [0.5, 0.6) is 0 Å². The number of rotatable bonds is 6. The Morgan fingerprint density at radius 2 is 1.12 bits per heavy atom. The summed E-state index contributed by atoms with van der Waals surface area (Å²) in [5.41, 5.74) is 4.00. The maximum Gasteiger partial charge on any atom is 0.329 e. The van der Waals surface area contributed by atoms with Crippen LogP contribution in [0, 0.1) is 0 Å². The molecule has 0 bridgehead atoms. The van der Waals surface area contributed by atoms with Gasteiger partial charge in [-0.2, -0.15) is 0 Å². The van der Waals surface area contributed by atoms with E-state index in [1.807, 2.05) is 45.5 Å². The Hall–Kier alpha value is -2.63. The molecule has 26 heavy (non-hydrogen) atoms. The van der Waals surface area contributed by atoms with E-state index in [0.717, 1.165) is 35.7 Å². The zero-order valence-corrected chi connectivity index (χ0v) is 14.4. The normalized spacial score (nSPS) is 20.9. The van der Waals surface area contributed by atoms with Gasteiger partial charge in [0.05, 0.1) is 49.9 Å². The number of nitrogens with zero attached hydrogens (tertiary/aromatic N) is 2. The van der Waals surface area contributed by atoms with E-state index in [0.29, 0.717) is 13.1 Å². The summed E-state index contributed by atoms with van der Waals surface area (Å²) in [6.07, 6.45) is 0.263. The van der Waals surface area contributed by atoms with Gasteiger partial charge in [-0.15, -0.1) is 0 Å². The topological polar surface area (TPSA) is 52.0 Å². The molecule has 2 aliphatic heterocycles. The second kappa shape index (κ2) is 6.27. The third-order valence-corrected chi connectivity index (χ3v) is 4.90. The summed E-state index contributed by atoms with van der Waals surface area (Å²) in [5.74, 6) is 0. The lowest BCUT2D eigenvalue weighted by Gasteiger charge is -2.11. The van der Waals surface area contributed by atoms with Crippen LogP contribution in [0.1, 0.15) is 0 Å². The smallest absolute Gasteiger partial charge is 0.329 e. The standard InChI is InChI=1S/C21H20N2O3/c24-21-22(11-17-13-25-17)19(15-7-3-1-4-8-15)20(16-9-5-2-6-10-16)23(21)12-18-14-26-18/h1-10,17-18H,11-14H2/t17-,18-/m0/s1. The number of hydrogen-bond acceptors (Lipinski definition) is 3. The van der Waals surface area contributed by atoms with Crippen LogP contribution in [0.2, 0.25) is 0 Å². The molecule has 5 heteroatoms. The summed E-state index contributed by atoms with van der Waals surface area (Å²) in [6, 6.07) is 20.3.